The molecule has 0 spiro atoms. The van der Waals surface area contributed by atoms with Crippen LogP contribution in [0, 0.1) is 5.95 Å². The summed E-state index contributed by atoms with van der Waals surface area (Å²) in [4.78, 5) is 13.0. The summed E-state index contributed by atoms with van der Waals surface area (Å²) >= 11 is 6.39. The third-order valence-corrected chi connectivity index (χ3v) is 5.95. The lowest BCUT2D eigenvalue weighted by Crippen LogP contribution is -2.25. The number of unbranched alkanes of at least 4 members (excludes halogenated alkanes) is 2. The van der Waals surface area contributed by atoms with E-state index in [0.29, 0.717) is 29.4 Å². The normalized spacial score (nSPS) is 12.8. The molecule has 1 aromatic heterocycles. The van der Waals surface area contributed by atoms with Gasteiger partial charge in [-0.25, -0.2) is 9.98 Å². The van der Waals surface area contributed by atoms with Gasteiger partial charge in [0.1, 0.15) is 10.9 Å². The van der Waals surface area contributed by atoms with Gasteiger partial charge in [0.05, 0.1) is 11.3 Å². The van der Waals surface area contributed by atoms with Crippen LogP contribution in [0.5, 0.6) is 0 Å². The molecule has 0 radical (unpaired) electrons. The summed E-state index contributed by atoms with van der Waals surface area (Å²) in [6.45, 7) is 8.56. The maximum Gasteiger partial charge on any atom is 0.224 e. The molecule has 31 heavy (non-hydrogen) atoms. The van der Waals surface area contributed by atoms with Gasteiger partial charge in [-0.3, -0.25) is 0 Å². The van der Waals surface area contributed by atoms with E-state index in [4.69, 9.17) is 22.9 Å². The lowest BCUT2D eigenvalue weighted by molar-refractivity contribution is 0.442. The van der Waals surface area contributed by atoms with Crippen LogP contribution in [0.1, 0.15) is 52.0 Å². The molecule has 0 saturated carbocycles. The van der Waals surface area contributed by atoms with Crippen LogP contribution in [0.2, 0.25) is 0 Å². The monoisotopic (exact) mass is 465 g/mol. The summed E-state index contributed by atoms with van der Waals surface area (Å²) in [7, 11) is 1.93. The van der Waals surface area contributed by atoms with Crippen molar-refractivity contribution in [2.75, 3.05) is 37.8 Å². The van der Waals surface area contributed by atoms with Crippen LogP contribution in [-0.4, -0.2) is 53.2 Å². The van der Waals surface area contributed by atoms with Crippen LogP contribution in [0.3, 0.4) is 0 Å². The van der Waals surface area contributed by atoms with Crippen molar-refractivity contribution in [3.63, 3.8) is 0 Å². The standard InChI is InChI=1S/C23H36FN5S2/c1-6-9-10-14-29(8-3)21-12-11-20(22(24)27-21)23(31-5)26-18(7-2)13-15-28(4)19(16-25)17-30/h7,11-12,16-17H,6,8-10,13-15,25H2,1-5H3/b18-7+,19-16?,26-23?. The predicted molar refractivity (Wildman–Crippen MR) is 139 cm³/mol. The van der Waals surface area contributed by atoms with Crippen molar-refractivity contribution >= 4 is 40.2 Å². The van der Waals surface area contributed by atoms with Crippen LogP contribution in [0.25, 0.3) is 0 Å². The van der Waals surface area contributed by atoms with E-state index in [2.05, 4.69) is 23.7 Å². The maximum atomic E-state index is 14.9. The largest absolute Gasteiger partial charge is 0.403 e. The Bertz CT molecular complexity index is 792. The Hall–Kier alpha value is -1.93. The van der Waals surface area contributed by atoms with Crippen LogP contribution in [-0.2, 0) is 0 Å². The molecule has 2 N–H and O–H groups in total. The highest BCUT2D eigenvalue weighted by molar-refractivity contribution is 8.13. The number of thioether (sulfide) groups is 1. The first-order chi connectivity index (χ1) is 14.9. The molecular formula is C23H36FN5S2. The second-order valence-electron chi connectivity index (χ2n) is 7.08. The molecule has 0 saturated heterocycles. The average molecular weight is 466 g/mol. The zero-order valence-electron chi connectivity index (χ0n) is 19.4. The van der Waals surface area contributed by atoms with Gasteiger partial charge in [0.15, 0.2) is 0 Å². The number of allylic oxidation sites excluding steroid dienone is 2. The maximum absolute atomic E-state index is 14.9. The number of nitrogens with zero attached hydrogens (tertiary/aromatic N) is 4. The number of nitrogens with two attached hydrogens (primary N) is 1. The fraction of sp³-hybridized carbons (Fsp3) is 0.522. The smallest absolute Gasteiger partial charge is 0.224 e. The van der Waals surface area contributed by atoms with E-state index >= 15 is 0 Å². The minimum Gasteiger partial charge on any atom is -0.403 e. The molecule has 0 amide bonds. The lowest BCUT2D eigenvalue weighted by Gasteiger charge is -2.22. The van der Waals surface area contributed by atoms with E-state index in [-0.39, 0.29) is 0 Å². The Kier molecular flexibility index (Phi) is 13.1. The third-order valence-electron chi connectivity index (χ3n) is 5.01. The van der Waals surface area contributed by atoms with Gasteiger partial charge in [-0.05, 0) is 38.7 Å². The Morgan fingerprint density at radius 3 is 2.55 bits per heavy atom. The van der Waals surface area contributed by atoms with Gasteiger partial charge in [0, 0.05) is 50.4 Å². The first-order valence-corrected chi connectivity index (χ1v) is 12.4. The summed E-state index contributed by atoms with van der Waals surface area (Å²) < 4.78 is 14.9. The summed E-state index contributed by atoms with van der Waals surface area (Å²) in [6.07, 6.45) is 9.42. The van der Waals surface area contributed by atoms with Crippen molar-refractivity contribution in [3.8, 4) is 0 Å². The minimum absolute atomic E-state index is 0.426. The number of anilines is 1. The Balaban J connectivity index is 3.01. The molecule has 1 rings (SSSR count). The van der Waals surface area contributed by atoms with Crippen molar-refractivity contribution in [2.45, 2.75) is 46.5 Å². The number of aliphatic imine (C=N–C) groups is 1. The first-order valence-electron chi connectivity index (χ1n) is 10.7. The number of rotatable bonds is 13. The quantitative estimate of drug-likeness (QED) is 0.106. The van der Waals surface area contributed by atoms with Crippen molar-refractivity contribution in [1.82, 2.24) is 9.88 Å². The van der Waals surface area contributed by atoms with Gasteiger partial charge in [-0.2, -0.15) is 4.39 Å². The molecule has 0 aliphatic carbocycles. The van der Waals surface area contributed by atoms with E-state index in [1.165, 1.54) is 18.0 Å². The highest BCUT2D eigenvalue weighted by atomic mass is 32.2. The second kappa shape index (κ2) is 15.0. The van der Waals surface area contributed by atoms with Gasteiger partial charge in [0.25, 0.3) is 0 Å². The minimum atomic E-state index is -0.485. The zero-order valence-corrected chi connectivity index (χ0v) is 21.0. The van der Waals surface area contributed by atoms with E-state index in [0.717, 1.165) is 43.7 Å². The number of hydrogen-bond donors (Lipinski definition) is 1. The van der Waals surface area contributed by atoms with Gasteiger partial charge in [0.2, 0.25) is 5.95 Å². The van der Waals surface area contributed by atoms with Gasteiger partial charge < -0.3 is 15.5 Å². The Morgan fingerprint density at radius 1 is 1.29 bits per heavy atom. The van der Waals surface area contributed by atoms with Crippen LogP contribution in [0.4, 0.5) is 10.2 Å². The molecule has 0 aliphatic heterocycles. The fourth-order valence-electron chi connectivity index (χ4n) is 3.03. The van der Waals surface area contributed by atoms with E-state index in [1.54, 1.807) is 11.4 Å². The highest BCUT2D eigenvalue weighted by Gasteiger charge is 2.15. The molecule has 0 bridgehead atoms. The second-order valence-corrected chi connectivity index (χ2v) is 8.11. The molecule has 5 nitrogen and oxygen atoms in total. The van der Waals surface area contributed by atoms with Crippen molar-refractivity contribution in [1.29, 1.82) is 0 Å². The zero-order chi connectivity index (χ0) is 23.2. The number of halogens is 1. The first kappa shape index (κ1) is 27.1. The predicted octanol–water partition coefficient (Wildman–Crippen LogP) is 5.37. The van der Waals surface area contributed by atoms with E-state index in [9.17, 15) is 4.39 Å². The van der Waals surface area contributed by atoms with Crippen molar-refractivity contribution in [2.24, 2.45) is 10.7 Å². The molecule has 8 heteroatoms. The fourth-order valence-corrected chi connectivity index (χ4v) is 3.87. The van der Waals surface area contributed by atoms with Crippen LogP contribution in [0.15, 0.2) is 40.8 Å². The number of hydrogen-bond acceptors (Lipinski definition) is 7. The van der Waals surface area contributed by atoms with Crippen molar-refractivity contribution < 1.29 is 4.39 Å². The molecule has 0 atom stereocenters. The van der Waals surface area contributed by atoms with E-state index < -0.39 is 5.95 Å². The Labute approximate surface area is 196 Å². The SMILES string of the molecule is C/C=C(\CCN(C)C(C=S)=CN)N=C(SC)c1ccc(N(CC)CCCCC)nc1F. The molecule has 0 aromatic carbocycles. The van der Waals surface area contributed by atoms with Crippen LogP contribution < -0.4 is 10.6 Å². The van der Waals surface area contributed by atoms with Gasteiger partial charge >= 0.3 is 0 Å². The summed E-state index contributed by atoms with van der Waals surface area (Å²) in [5, 5.41) is 2.17. The van der Waals surface area contributed by atoms with Crippen LogP contribution >= 0.6 is 24.0 Å². The molecule has 172 valence electrons. The molecular weight excluding hydrogens is 429 g/mol. The highest BCUT2D eigenvalue weighted by Crippen LogP contribution is 2.21. The van der Waals surface area contributed by atoms with Crippen molar-refractivity contribution in [3.05, 3.63) is 47.3 Å². The Morgan fingerprint density at radius 2 is 2.03 bits per heavy atom. The summed E-state index contributed by atoms with van der Waals surface area (Å²) in [5.74, 6) is 0.190. The average Bonchev–Trinajstić information content (AvgIpc) is 2.78. The third kappa shape index (κ3) is 8.61. The topological polar surface area (TPSA) is 57.8 Å². The molecule has 1 aromatic rings. The van der Waals surface area contributed by atoms with E-state index in [1.807, 2.05) is 37.3 Å². The van der Waals surface area contributed by atoms with Gasteiger partial charge in [-0.1, -0.05) is 38.1 Å². The lowest BCUT2D eigenvalue weighted by atomic mass is 10.2. The molecule has 0 aliphatic rings. The molecule has 1 heterocycles. The molecule has 0 fully saturated rings. The molecule has 0 unspecified atom stereocenters. The summed E-state index contributed by atoms with van der Waals surface area (Å²) in [5.41, 5.74) is 7.67. The number of thiocarbonyl (C=S) groups is 1. The van der Waals surface area contributed by atoms with Gasteiger partial charge in [-0.15, -0.1) is 11.8 Å². The summed E-state index contributed by atoms with van der Waals surface area (Å²) in [6, 6.07) is 3.68. The number of aromatic nitrogens is 1. The number of pyridine rings is 1.